The normalized spacial score (nSPS) is 10.6. The molecule has 0 heterocycles. The molecule has 0 bridgehead atoms. The molecule has 0 radical (unpaired) electrons. The first-order chi connectivity index (χ1) is 12.2. The van der Waals surface area contributed by atoms with Crippen molar-refractivity contribution < 1.29 is 4.74 Å². The number of ether oxygens (including phenoxy) is 1. The van der Waals surface area contributed by atoms with Crippen LogP contribution in [0.15, 0.2) is 72.8 Å². The first-order valence-electron chi connectivity index (χ1n) is 8.11. The molecular formula is C21H19Cl2NO. The van der Waals surface area contributed by atoms with Gasteiger partial charge >= 0.3 is 0 Å². The Hall–Kier alpha value is -2.00. The smallest absolute Gasteiger partial charge is 0.119 e. The summed E-state index contributed by atoms with van der Waals surface area (Å²) >= 11 is 12.1. The van der Waals surface area contributed by atoms with Gasteiger partial charge in [0.1, 0.15) is 12.4 Å². The second-order valence-electron chi connectivity index (χ2n) is 5.76. The van der Waals surface area contributed by atoms with Gasteiger partial charge in [-0.05, 0) is 35.4 Å². The van der Waals surface area contributed by atoms with E-state index < -0.39 is 0 Å². The average molecular weight is 372 g/mol. The summed E-state index contributed by atoms with van der Waals surface area (Å²) in [7, 11) is 0. The van der Waals surface area contributed by atoms with Gasteiger partial charge in [-0.25, -0.2) is 0 Å². The van der Waals surface area contributed by atoms with Crippen LogP contribution in [0.5, 0.6) is 5.75 Å². The molecule has 0 saturated carbocycles. The zero-order valence-corrected chi connectivity index (χ0v) is 15.2. The summed E-state index contributed by atoms with van der Waals surface area (Å²) in [4.78, 5) is 0. The van der Waals surface area contributed by atoms with Gasteiger partial charge < -0.3 is 10.1 Å². The molecular weight excluding hydrogens is 353 g/mol. The number of benzene rings is 3. The van der Waals surface area contributed by atoms with Crippen molar-refractivity contribution in [1.29, 1.82) is 0 Å². The third-order valence-electron chi connectivity index (χ3n) is 3.83. The van der Waals surface area contributed by atoms with E-state index in [0.29, 0.717) is 16.7 Å². The molecule has 0 aliphatic heterocycles. The van der Waals surface area contributed by atoms with E-state index in [1.165, 1.54) is 11.1 Å². The number of rotatable bonds is 7. The summed E-state index contributed by atoms with van der Waals surface area (Å²) < 4.78 is 5.79. The molecule has 128 valence electrons. The minimum absolute atomic E-state index is 0.418. The lowest BCUT2D eigenvalue weighted by molar-refractivity contribution is 0.306. The van der Waals surface area contributed by atoms with Gasteiger partial charge in [0.25, 0.3) is 0 Å². The Morgan fingerprint density at radius 1 is 0.760 bits per heavy atom. The van der Waals surface area contributed by atoms with Crippen molar-refractivity contribution >= 4 is 23.2 Å². The fourth-order valence-electron chi connectivity index (χ4n) is 2.45. The van der Waals surface area contributed by atoms with Crippen LogP contribution in [0.2, 0.25) is 10.0 Å². The molecule has 1 N–H and O–H groups in total. The van der Waals surface area contributed by atoms with E-state index in [1.54, 1.807) is 6.07 Å². The fourth-order valence-corrected chi connectivity index (χ4v) is 2.91. The van der Waals surface area contributed by atoms with Gasteiger partial charge in [0.05, 0.1) is 0 Å². The summed E-state index contributed by atoms with van der Waals surface area (Å²) in [6, 6.07) is 23.9. The van der Waals surface area contributed by atoms with Gasteiger partial charge in [-0.15, -0.1) is 0 Å². The Morgan fingerprint density at radius 2 is 1.44 bits per heavy atom. The van der Waals surface area contributed by atoms with Gasteiger partial charge in [-0.2, -0.15) is 0 Å². The SMILES string of the molecule is Clc1ccc(COc2ccc(CNCc3ccccc3)cc2)c(Cl)c1. The van der Waals surface area contributed by atoms with Gasteiger partial charge in [0.2, 0.25) is 0 Å². The Kier molecular flexibility index (Phi) is 6.35. The Bertz CT molecular complexity index is 804. The van der Waals surface area contributed by atoms with E-state index in [0.717, 1.165) is 24.4 Å². The van der Waals surface area contributed by atoms with E-state index >= 15 is 0 Å². The maximum Gasteiger partial charge on any atom is 0.119 e. The van der Waals surface area contributed by atoms with Gasteiger partial charge in [-0.3, -0.25) is 0 Å². The van der Waals surface area contributed by atoms with E-state index in [-0.39, 0.29) is 0 Å². The molecule has 0 fully saturated rings. The number of halogens is 2. The average Bonchev–Trinajstić information content (AvgIpc) is 2.63. The largest absolute Gasteiger partial charge is 0.489 e. The van der Waals surface area contributed by atoms with Crippen molar-refractivity contribution in [3.8, 4) is 5.75 Å². The monoisotopic (exact) mass is 371 g/mol. The molecule has 25 heavy (non-hydrogen) atoms. The molecule has 0 amide bonds. The maximum atomic E-state index is 6.16. The Labute approximate surface area is 158 Å². The molecule has 0 saturated heterocycles. The molecule has 2 nitrogen and oxygen atoms in total. The van der Waals surface area contributed by atoms with Crippen molar-refractivity contribution in [1.82, 2.24) is 5.32 Å². The molecule has 4 heteroatoms. The molecule has 0 unspecified atom stereocenters. The second kappa shape index (κ2) is 8.91. The van der Waals surface area contributed by atoms with Crippen molar-refractivity contribution in [3.05, 3.63) is 99.5 Å². The van der Waals surface area contributed by atoms with Crippen LogP contribution in [-0.2, 0) is 19.7 Å². The zero-order chi connectivity index (χ0) is 17.5. The molecule has 0 aromatic heterocycles. The number of hydrogen-bond acceptors (Lipinski definition) is 2. The highest BCUT2D eigenvalue weighted by atomic mass is 35.5. The lowest BCUT2D eigenvalue weighted by Crippen LogP contribution is -2.12. The first kappa shape index (κ1) is 17.8. The van der Waals surface area contributed by atoms with E-state index in [2.05, 4.69) is 41.7 Å². The Balaban J connectivity index is 1.48. The lowest BCUT2D eigenvalue weighted by atomic mass is 10.2. The Morgan fingerprint density at radius 3 is 2.12 bits per heavy atom. The highest BCUT2D eigenvalue weighted by Crippen LogP contribution is 2.22. The van der Waals surface area contributed by atoms with Crippen LogP contribution >= 0.6 is 23.2 Å². The molecule has 0 aliphatic rings. The van der Waals surface area contributed by atoms with Crippen LogP contribution in [0, 0.1) is 0 Å². The topological polar surface area (TPSA) is 21.3 Å². The summed E-state index contributed by atoms with van der Waals surface area (Å²) in [6.07, 6.45) is 0. The van der Waals surface area contributed by atoms with Crippen LogP contribution in [0.25, 0.3) is 0 Å². The van der Waals surface area contributed by atoms with Gasteiger partial charge in [-0.1, -0.05) is 71.7 Å². The van der Waals surface area contributed by atoms with Gasteiger partial charge in [0.15, 0.2) is 0 Å². The molecule has 0 spiro atoms. The molecule has 3 aromatic rings. The molecule has 3 aromatic carbocycles. The van der Waals surface area contributed by atoms with Crippen molar-refractivity contribution in [2.24, 2.45) is 0 Å². The second-order valence-corrected chi connectivity index (χ2v) is 6.60. The van der Waals surface area contributed by atoms with E-state index in [1.807, 2.05) is 30.3 Å². The van der Waals surface area contributed by atoms with Crippen molar-refractivity contribution in [2.75, 3.05) is 0 Å². The highest BCUT2D eigenvalue weighted by molar-refractivity contribution is 6.35. The number of nitrogens with one attached hydrogen (secondary N) is 1. The predicted molar refractivity (Wildman–Crippen MR) is 104 cm³/mol. The van der Waals surface area contributed by atoms with Crippen LogP contribution in [0.4, 0.5) is 0 Å². The van der Waals surface area contributed by atoms with Crippen molar-refractivity contribution in [2.45, 2.75) is 19.7 Å². The first-order valence-corrected chi connectivity index (χ1v) is 8.86. The van der Waals surface area contributed by atoms with E-state index in [9.17, 15) is 0 Å². The summed E-state index contributed by atoms with van der Waals surface area (Å²) in [5.74, 6) is 0.817. The fraction of sp³-hybridized carbons (Fsp3) is 0.143. The third-order valence-corrected chi connectivity index (χ3v) is 4.42. The van der Waals surface area contributed by atoms with Crippen molar-refractivity contribution in [3.63, 3.8) is 0 Å². The summed E-state index contributed by atoms with van der Waals surface area (Å²) in [6.45, 7) is 2.09. The van der Waals surface area contributed by atoms with Gasteiger partial charge in [0, 0.05) is 28.7 Å². The number of hydrogen-bond donors (Lipinski definition) is 1. The third kappa shape index (κ3) is 5.50. The zero-order valence-electron chi connectivity index (χ0n) is 13.7. The molecule has 0 aliphatic carbocycles. The minimum Gasteiger partial charge on any atom is -0.489 e. The standard InChI is InChI=1S/C21H19Cl2NO/c22-19-9-8-18(21(23)12-19)15-25-20-10-6-17(7-11-20)14-24-13-16-4-2-1-3-5-16/h1-12,24H,13-15H2. The minimum atomic E-state index is 0.418. The predicted octanol–water partition coefficient (Wildman–Crippen LogP) is 5.86. The van der Waals surface area contributed by atoms with Crippen LogP contribution in [-0.4, -0.2) is 0 Å². The molecule has 0 atom stereocenters. The van der Waals surface area contributed by atoms with Crippen LogP contribution in [0.3, 0.4) is 0 Å². The van der Waals surface area contributed by atoms with E-state index in [4.69, 9.17) is 27.9 Å². The summed E-state index contributed by atoms with van der Waals surface area (Å²) in [5.41, 5.74) is 3.41. The van der Waals surface area contributed by atoms with Crippen LogP contribution in [0.1, 0.15) is 16.7 Å². The maximum absolute atomic E-state index is 6.16. The quantitative estimate of drug-likeness (QED) is 0.561. The summed E-state index contributed by atoms with van der Waals surface area (Å²) in [5, 5.41) is 4.68. The lowest BCUT2D eigenvalue weighted by Gasteiger charge is -2.09. The highest BCUT2D eigenvalue weighted by Gasteiger charge is 2.03. The van der Waals surface area contributed by atoms with Crippen LogP contribution < -0.4 is 10.1 Å². The molecule has 3 rings (SSSR count).